The Labute approximate surface area is 228 Å². The second kappa shape index (κ2) is 11.1. The van der Waals surface area contributed by atoms with Crippen molar-refractivity contribution in [2.75, 3.05) is 50.7 Å². The zero-order valence-electron chi connectivity index (χ0n) is 22.3. The molecule has 1 unspecified atom stereocenters. The lowest BCUT2D eigenvalue weighted by molar-refractivity contribution is -0.136. The number of halogens is 1. The summed E-state index contributed by atoms with van der Waals surface area (Å²) in [5, 5.41) is 2.31. The fraction of sp³-hybridized carbons (Fsp3) is 0.500. The highest BCUT2D eigenvalue weighted by molar-refractivity contribution is 6.05. The van der Waals surface area contributed by atoms with Gasteiger partial charge in [-0.05, 0) is 61.5 Å². The number of rotatable bonds is 6. The molecule has 2 aromatic rings. The number of nitrogens with one attached hydrogen (secondary N) is 1. The average Bonchev–Trinajstić information content (AvgIpc) is 3.25. The lowest BCUT2D eigenvalue weighted by atomic mass is 9.95. The van der Waals surface area contributed by atoms with E-state index >= 15 is 4.39 Å². The number of benzene rings is 2. The Morgan fingerprint density at radius 1 is 0.872 bits per heavy atom. The number of imide groups is 1. The van der Waals surface area contributed by atoms with E-state index in [0.717, 1.165) is 57.9 Å². The Hall–Kier alpha value is -3.30. The summed E-state index contributed by atoms with van der Waals surface area (Å²) in [5.74, 6) is -0.812. The van der Waals surface area contributed by atoms with Crippen LogP contribution in [-0.2, 0) is 22.7 Å². The van der Waals surface area contributed by atoms with Crippen LogP contribution in [0.15, 0.2) is 42.5 Å². The zero-order valence-corrected chi connectivity index (χ0v) is 22.3. The van der Waals surface area contributed by atoms with Gasteiger partial charge in [0, 0.05) is 57.8 Å². The van der Waals surface area contributed by atoms with Crippen molar-refractivity contribution in [2.24, 2.45) is 5.92 Å². The molecule has 4 aliphatic heterocycles. The van der Waals surface area contributed by atoms with E-state index in [1.807, 2.05) is 0 Å². The normalized spacial score (nSPS) is 23.3. The molecule has 3 saturated heterocycles. The van der Waals surface area contributed by atoms with E-state index in [-0.39, 0.29) is 24.8 Å². The monoisotopic (exact) mass is 533 g/mol. The van der Waals surface area contributed by atoms with Crippen LogP contribution in [0.5, 0.6) is 0 Å². The first-order chi connectivity index (χ1) is 18.9. The molecule has 206 valence electrons. The maximum atomic E-state index is 15.2. The van der Waals surface area contributed by atoms with Gasteiger partial charge in [0.1, 0.15) is 11.9 Å². The maximum absolute atomic E-state index is 15.2. The van der Waals surface area contributed by atoms with Crippen LogP contribution >= 0.6 is 0 Å². The van der Waals surface area contributed by atoms with Gasteiger partial charge in [0.05, 0.1) is 5.69 Å². The quantitative estimate of drug-likeness (QED) is 0.576. The Bertz CT molecular complexity index is 1240. The summed E-state index contributed by atoms with van der Waals surface area (Å²) in [5.41, 5.74) is 2.96. The average molecular weight is 534 g/mol. The molecule has 8 nitrogen and oxygen atoms in total. The molecule has 3 amide bonds. The van der Waals surface area contributed by atoms with E-state index in [9.17, 15) is 14.4 Å². The largest absolute Gasteiger partial charge is 0.367 e. The molecule has 2 aromatic carbocycles. The number of piperidine rings is 2. The standard InChI is InChI=1S/C30H36FN5O3/c31-25-17-24-23(20-36(30(24)39)26-6-7-28(37)32-29(26)38)16-27(25)35-14-12-34(13-15-35)19-22-8-10-33(11-9-22)18-21-4-2-1-3-5-21/h1-5,16-17,22,26H,6-15,18-20H2,(H,32,37,38). The van der Waals surface area contributed by atoms with Crippen LogP contribution < -0.4 is 10.2 Å². The lowest BCUT2D eigenvalue weighted by Crippen LogP contribution is -2.52. The number of hydrogen-bond acceptors (Lipinski definition) is 6. The summed E-state index contributed by atoms with van der Waals surface area (Å²) >= 11 is 0. The van der Waals surface area contributed by atoms with Gasteiger partial charge < -0.3 is 9.80 Å². The Kier molecular flexibility index (Phi) is 7.36. The summed E-state index contributed by atoms with van der Waals surface area (Å²) in [6, 6.07) is 13.1. The first-order valence-corrected chi connectivity index (χ1v) is 14.2. The molecule has 39 heavy (non-hydrogen) atoms. The maximum Gasteiger partial charge on any atom is 0.255 e. The molecule has 6 rings (SSSR count). The van der Waals surface area contributed by atoms with Gasteiger partial charge in [0.2, 0.25) is 11.8 Å². The van der Waals surface area contributed by atoms with Crippen molar-refractivity contribution in [3.05, 3.63) is 65.0 Å². The SMILES string of the molecule is O=C1CCC(N2Cc3cc(N4CCN(CC5CCN(Cc6ccccc6)CC5)CC4)c(F)cc3C2=O)C(=O)N1. The van der Waals surface area contributed by atoms with E-state index in [4.69, 9.17) is 0 Å². The van der Waals surface area contributed by atoms with Crippen LogP contribution in [0.2, 0.25) is 0 Å². The summed E-state index contributed by atoms with van der Waals surface area (Å²) in [6.07, 6.45) is 2.93. The number of piperazine rings is 1. The first kappa shape index (κ1) is 26.0. The number of fused-ring (bicyclic) bond motifs is 1. The molecule has 0 bridgehead atoms. The van der Waals surface area contributed by atoms with Gasteiger partial charge in [-0.2, -0.15) is 0 Å². The highest BCUT2D eigenvalue weighted by Crippen LogP contribution is 2.33. The minimum atomic E-state index is -0.692. The molecule has 0 radical (unpaired) electrons. The number of carbonyl (C=O) groups is 3. The van der Waals surface area contributed by atoms with Crippen LogP contribution in [-0.4, -0.2) is 84.3 Å². The summed E-state index contributed by atoms with van der Waals surface area (Å²) in [6.45, 7) is 7.91. The van der Waals surface area contributed by atoms with Crippen LogP contribution in [0.4, 0.5) is 10.1 Å². The van der Waals surface area contributed by atoms with Crippen molar-refractivity contribution >= 4 is 23.4 Å². The molecule has 4 heterocycles. The fourth-order valence-corrected chi connectivity index (χ4v) is 6.52. The van der Waals surface area contributed by atoms with Crippen molar-refractivity contribution in [2.45, 2.75) is 44.8 Å². The summed E-state index contributed by atoms with van der Waals surface area (Å²) in [7, 11) is 0. The van der Waals surface area contributed by atoms with Crippen molar-refractivity contribution in [1.29, 1.82) is 0 Å². The fourth-order valence-electron chi connectivity index (χ4n) is 6.52. The molecule has 1 atom stereocenters. The van der Waals surface area contributed by atoms with Gasteiger partial charge in [-0.3, -0.25) is 29.5 Å². The summed E-state index contributed by atoms with van der Waals surface area (Å²) < 4.78 is 15.2. The van der Waals surface area contributed by atoms with Gasteiger partial charge in [-0.25, -0.2) is 4.39 Å². The minimum Gasteiger partial charge on any atom is -0.367 e. The molecule has 4 aliphatic rings. The number of anilines is 1. The van der Waals surface area contributed by atoms with Crippen molar-refractivity contribution < 1.29 is 18.8 Å². The van der Waals surface area contributed by atoms with Crippen molar-refractivity contribution in [3.8, 4) is 0 Å². The third kappa shape index (κ3) is 5.56. The second-order valence-electron chi connectivity index (χ2n) is 11.4. The van der Waals surface area contributed by atoms with Crippen LogP contribution in [0, 0.1) is 11.7 Å². The number of hydrogen-bond donors (Lipinski definition) is 1. The third-order valence-electron chi connectivity index (χ3n) is 8.78. The Morgan fingerprint density at radius 3 is 2.33 bits per heavy atom. The molecule has 1 N–H and O–H groups in total. The molecule has 0 aliphatic carbocycles. The van der Waals surface area contributed by atoms with Gasteiger partial charge in [-0.1, -0.05) is 30.3 Å². The number of carbonyl (C=O) groups excluding carboxylic acids is 3. The minimum absolute atomic E-state index is 0.202. The van der Waals surface area contributed by atoms with E-state index in [2.05, 4.69) is 50.3 Å². The van der Waals surface area contributed by atoms with Gasteiger partial charge in [0.25, 0.3) is 5.91 Å². The Morgan fingerprint density at radius 2 is 1.62 bits per heavy atom. The van der Waals surface area contributed by atoms with Crippen molar-refractivity contribution in [1.82, 2.24) is 20.0 Å². The first-order valence-electron chi connectivity index (χ1n) is 14.2. The molecule has 0 spiro atoms. The predicted octanol–water partition coefficient (Wildman–Crippen LogP) is 2.62. The predicted molar refractivity (Wildman–Crippen MR) is 146 cm³/mol. The van der Waals surface area contributed by atoms with Gasteiger partial charge >= 0.3 is 0 Å². The highest BCUT2D eigenvalue weighted by atomic mass is 19.1. The second-order valence-corrected chi connectivity index (χ2v) is 11.4. The topological polar surface area (TPSA) is 76.2 Å². The van der Waals surface area contributed by atoms with E-state index in [1.165, 1.54) is 29.4 Å². The van der Waals surface area contributed by atoms with Crippen LogP contribution in [0.25, 0.3) is 0 Å². The van der Waals surface area contributed by atoms with Crippen molar-refractivity contribution in [3.63, 3.8) is 0 Å². The summed E-state index contributed by atoms with van der Waals surface area (Å²) in [4.78, 5) is 45.4. The molecule has 0 aromatic heterocycles. The Balaban J connectivity index is 1.01. The van der Waals surface area contributed by atoms with Crippen LogP contribution in [0.3, 0.4) is 0 Å². The number of likely N-dealkylation sites (tertiary alicyclic amines) is 1. The number of nitrogens with zero attached hydrogens (tertiary/aromatic N) is 4. The molecule has 3 fully saturated rings. The van der Waals surface area contributed by atoms with E-state index in [1.54, 1.807) is 6.07 Å². The lowest BCUT2D eigenvalue weighted by Gasteiger charge is -2.39. The van der Waals surface area contributed by atoms with E-state index in [0.29, 0.717) is 23.6 Å². The van der Waals surface area contributed by atoms with Gasteiger partial charge in [-0.15, -0.1) is 0 Å². The molecular formula is C30H36FN5O3. The number of amides is 3. The smallest absolute Gasteiger partial charge is 0.255 e. The highest BCUT2D eigenvalue weighted by Gasteiger charge is 2.40. The van der Waals surface area contributed by atoms with Crippen LogP contribution in [0.1, 0.15) is 47.2 Å². The molecule has 0 saturated carbocycles. The third-order valence-corrected chi connectivity index (χ3v) is 8.78. The van der Waals surface area contributed by atoms with E-state index < -0.39 is 17.8 Å². The molecular weight excluding hydrogens is 497 g/mol. The zero-order chi connectivity index (χ0) is 26.9. The van der Waals surface area contributed by atoms with Gasteiger partial charge in [0.15, 0.2) is 0 Å². The molecule has 9 heteroatoms.